The molecule has 3 rings (SSSR count). The lowest BCUT2D eigenvalue weighted by Crippen LogP contribution is -2.45. The van der Waals surface area contributed by atoms with E-state index in [0.29, 0.717) is 6.04 Å². The molecule has 0 bridgehead atoms. The first kappa shape index (κ1) is 15.7. The summed E-state index contributed by atoms with van der Waals surface area (Å²) in [5.41, 5.74) is 1.31. The van der Waals surface area contributed by atoms with Crippen molar-refractivity contribution in [3.05, 3.63) is 23.8 Å². The van der Waals surface area contributed by atoms with E-state index in [2.05, 4.69) is 44.4 Å². The molecule has 0 radical (unpaired) electrons. The highest BCUT2D eigenvalue weighted by molar-refractivity contribution is 5.44. The second-order valence-corrected chi connectivity index (χ2v) is 6.93. The van der Waals surface area contributed by atoms with Gasteiger partial charge in [0.25, 0.3) is 0 Å². The fourth-order valence-corrected chi connectivity index (χ4v) is 3.80. The Morgan fingerprint density at radius 1 is 1.32 bits per heavy atom. The van der Waals surface area contributed by atoms with Crippen LogP contribution in [0.25, 0.3) is 0 Å². The van der Waals surface area contributed by atoms with Crippen LogP contribution < -0.4 is 14.8 Å². The number of ether oxygens (including phenoxy) is 2. The lowest BCUT2D eigenvalue weighted by atomic mass is 9.77. The first-order valence-corrected chi connectivity index (χ1v) is 8.83. The van der Waals surface area contributed by atoms with E-state index in [1.807, 2.05) is 0 Å². The van der Waals surface area contributed by atoms with Gasteiger partial charge in [-0.1, -0.05) is 19.4 Å². The van der Waals surface area contributed by atoms with Crippen molar-refractivity contribution in [2.24, 2.45) is 0 Å². The topological polar surface area (TPSA) is 30.5 Å². The summed E-state index contributed by atoms with van der Waals surface area (Å²) >= 11 is 0. The van der Waals surface area contributed by atoms with Crippen LogP contribution in [0.3, 0.4) is 0 Å². The number of hydrogen-bond acceptors (Lipinski definition) is 3. The maximum absolute atomic E-state index is 6.53. The Kier molecular flexibility index (Phi) is 4.62. The van der Waals surface area contributed by atoms with E-state index < -0.39 is 0 Å². The van der Waals surface area contributed by atoms with Gasteiger partial charge in [-0.05, 0) is 52.1 Å². The molecule has 1 aliphatic heterocycles. The zero-order valence-electron chi connectivity index (χ0n) is 14.2. The molecular formula is C19H29NO2. The summed E-state index contributed by atoms with van der Waals surface area (Å²) in [7, 11) is 2.06. The lowest BCUT2D eigenvalue weighted by molar-refractivity contribution is -0.00205. The lowest BCUT2D eigenvalue weighted by Gasteiger charge is -2.44. The third kappa shape index (κ3) is 3.10. The maximum Gasteiger partial charge on any atom is 0.128 e. The molecule has 1 heterocycles. The molecule has 1 aromatic carbocycles. The van der Waals surface area contributed by atoms with E-state index in [-0.39, 0.29) is 11.7 Å². The van der Waals surface area contributed by atoms with Crippen LogP contribution in [0, 0.1) is 0 Å². The summed E-state index contributed by atoms with van der Waals surface area (Å²) in [4.78, 5) is 0. The average molecular weight is 303 g/mol. The average Bonchev–Trinajstić information content (AvgIpc) is 2.54. The van der Waals surface area contributed by atoms with E-state index >= 15 is 0 Å². The monoisotopic (exact) mass is 303 g/mol. The maximum atomic E-state index is 6.53. The van der Waals surface area contributed by atoms with Gasteiger partial charge >= 0.3 is 0 Å². The first-order valence-electron chi connectivity index (χ1n) is 8.83. The van der Waals surface area contributed by atoms with Crippen LogP contribution in [0.2, 0.25) is 0 Å². The zero-order valence-corrected chi connectivity index (χ0v) is 14.2. The van der Waals surface area contributed by atoms with Gasteiger partial charge in [0.05, 0.1) is 6.10 Å². The summed E-state index contributed by atoms with van der Waals surface area (Å²) in [5.74, 6) is 1.95. The Morgan fingerprint density at radius 2 is 2.09 bits per heavy atom. The molecule has 1 aliphatic carbocycles. The Balaban J connectivity index is 1.87. The molecular weight excluding hydrogens is 274 g/mol. The number of rotatable bonds is 4. The Morgan fingerprint density at radius 3 is 2.77 bits per heavy atom. The molecule has 22 heavy (non-hydrogen) atoms. The predicted octanol–water partition coefficient (Wildman–Crippen LogP) is 4.61. The molecule has 0 aromatic heterocycles. The third-order valence-electron chi connectivity index (χ3n) is 5.29. The molecule has 0 saturated heterocycles. The van der Waals surface area contributed by atoms with Crippen LogP contribution in [0.1, 0.15) is 70.4 Å². The molecule has 2 aliphatic rings. The summed E-state index contributed by atoms with van der Waals surface area (Å²) in [6.45, 7) is 4.26. The third-order valence-corrected chi connectivity index (χ3v) is 5.29. The molecule has 1 aromatic rings. The van der Waals surface area contributed by atoms with Crippen LogP contribution in [-0.4, -0.2) is 18.8 Å². The fourth-order valence-electron chi connectivity index (χ4n) is 3.80. The molecule has 2 unspecified atom stereocenters. The van der Waals surface area contributed by atoms with Gasteiger partial charge in [0.1, 0.15) is 17.1 Å². The van der Waals surface area contributed by atoms with Gasteiger partial charge in [-0.3, -0.25) is 0 Å². The summed E-state index contributed by atoms with van der Waals surface area (Å²) in [6.07, 6.45) is 8.62. The van der Waals surface area contributed by atoms with Gasteiger partial charge in [0.2, 0.25) is 0 Å². The van der Waals surface area contributed by atoms with Crippen LogP contribution in [-0.2, 0) is 0 Å². The van der Waals surface area contributed by atoms with E-state index in [1.165, 1.54) is 37.7 Å². The number of fused-ring (bicyclic) bond motifs is 1. The number of hydrogen-bond donors (Lipinski definition) is 1. The van der Waals surface area contributed by atoms with Crippen molar-refractivity contribution >= 4 is 0 Å². The molecule has 122 valence electrons. The van der Waals surface area contributed by atoms with Crippen LogP contribution in [0.5, 0.6) is 11.5 Å². The zero-order chi connectivity index (χ0) is 15.6. The van der Waals surface area contributed by atoms with Gasteiger partial charge in [0, 0.05) is 24.1 Å². The molecule has 3 heteroatoms. The fraction of sp³-hybridized carbons (Fsp3) is 0.684. The molecule has 1 fully saturated rings. The Labute approximate surface area is 134 Å². The summed E-state index contributed by atoms with van der Waals surface area (Å²) in [6, 6.07) is 6.74. The van der Waals surface area contributed by atoms with Crippen molar-refractivity contribution in [1.82, 2.24) is 5.32 Å². The standard InChI is InChI=1S/C19H29NO2/c1-4-14(2)21-15-8-9-16-17(20-3)13-19(22-18(16)12-15)10-6-5-7-11-19/h8-9,12,14,17,20H,4-7,10-11,13H2,1-3H3. The van der Waals surface area contributed by atoms with Gasteiger partial charge in [-0.25, -0.2) is 0 Å². The second-order valence-electron chi connectivity index (χ2n) is 6.93. The van der Waals surface area contributed by atoms with Crippen molar-refractivity contribution in [1.29, 1.82) is 0 Å². The van der Waals surface area contributed by atoms with Gasteiger partial charge in [-0.2, -0.15) is 0 Å². The highest BCUT2D eigenvalue weighted by Gasteiger charge is 2.41. The van der Waals surface area contributed by atoms with Gasteiger partial charge < -0.3 is 14.8 Å². The van der Waals surface area contributed by atoms with Gasteiger partial charge in [0.15, 0.2) is 0 Å². The molecule has 0 amide bonds. The minimum atomic E-state index is 0.0356. The number of nitrogens with one attached hydrogen (secondary N) is 1. The minimum absolute atomic E-state index is 0.0356. The van der Waals surface area contributed by atoms with E-state index in [4.69, 9.17) is 9.47 Å². The van der Waals surface area contributed by atoms with Crippen molar-refractivity contribution in [2.45, 2.75) is 76.5 Å². The van der Waals surface area contributed by atoms with Crippen molar-refractivity contribution < 1.29 is 9.47 Å². The molecule has 3 nitrogen and oxygen atoms in total. The van der Waals surface area contributed by atoms with E-state index in [9.17, 15) is 0 Å². The van der Waals surface area contributed by atoms with E-state index in [1.54, 1.807) is 0 Å². The second kappa shape index (κ2) is 6.49. The van der Waals surface area contributed by atoms with Crippen LogP contribution in [0.15, 0.2) is 18.2 Å². The van der Waals surface area contributed by atoms with Crippen LogP contribution >= 0.6 is 0 Å². The molecule has 2 atom stereocenters. The van der Waals surface area contributed by atoms with Crippen molar-refractivity contribution in [3.8, 4) is 11.5 Å². The quantitative estimate of drug-likeness (QED) is 0.881. The predicted molar refractivity (Wildman–Crippen MR) is 89.7 cm³/mol. The highest BCUT2D eigenvalue weighted by atomic mass is 16.5. The number of benzene rings is 1. The van der Waals surface area contributed by atoms with E-state index in [0.717, 1.165) is 24.3 Å². The van der Waals surface area contributed by atoms with Gasteiger partial charge in [-0.15, -0.1) is 0 Å². The normalized spacial score (nSPS) is 24.4. The Bertz CT molecular complexity index is 508. The smallest absolute Gasteiger partial charge is 0.128 e. The molecule has 1 N–H and O–H groups in total. The summed E-state index contributed by atoms with van der Waals surface area (Å²) < 4.78 is 12.5. The molecule has 1 spiro atoms. The Hall–Kier alpha value is -1.22. The SMILES string of the molecule is CCC(C)Oc1ccc2c(c1)OC1(CCCCC1)CC2NC. The largest absolute Gasteiger partial charge is 0.491 e. The van der Waals surface area contributed by atoms with Crippen LogP contribution in [0.4, 0.5) is 0 Å². The first-order chi connectivity index (χ1) is 10.7. The molecule has 1 saturated carbocycles. The highest BCUT2D eigenvalue weighted by Crippen LogP contribution is 2.47. The minimum Gasteiger partial charge on any atom is -0.491 e. The van der Waals surface area contributed by atoms with Crippen molar-refractivity contribution in [2.75, 3.05) is 7.05 Å². The van der Waals surface area contributed by atoms with Crippen molar-refractivity contribution in [3.63, 3.8) is 0 Å². The summed E-state index contributed by atoms with van der Waals surface area (Å²) in [5, 5.41) is 3.48.